The van der Waals surface area contributed by atoms with E-state index in [1.54, 1.807) is 0 Å². The number of hydrogen-bond acceptors (Lipinski definition) is 6. The molecule has 2 aliphatic rings. The largest absolute Gasteiger partial charge is 0.372 e. The summed E-state index contributed by atoms with van der Waals surface area (Å²) in [4.78, 5) is 30.4. The Balaban J connectivity index is 2.12. The van der Waals surface area contributed by atoms with Crippen molar-refractivity contribution in [3.63, 3.8) is 0 Å². The molecule has 8 nitrogen and oxygen atoms in total. The lowest BCUT2D eigenvalue weighted by Gasteiger charge is -2.37. The van der Waals surface area contributed by atoms with Gasteiger partial charge in [0.15, 0.2) is 9.84 Å². The number of amides is 2. The van der Waals surface area contributed by atoms with Gasteiger partial charge in [-0.15, -0.1) is 0 Å². The summed E-state index contributed by atoms with van der Waals surface area (Å²) in [5.74, 6) is -1.16. The molecule has 2 rings (SSSR count). The Bertz CT molecular complexity index is 597. The van der Waals surface area contributed by atoms with Crippen molar-refractivity contribution in [2.75, 3.05) is 51.8 Å². The average Bonchev–Trinajstić information content (AvgIpc) is 2.85. The van der Waals surface area contributed by atoms with Crippen LogP contribution in [0.25, 0.3) is 0 Å². The van der Waals surface area contributed by atoms with Crippen molar-refractivity contribution < 1.29 is 22.7 Å². The number of carbonyl (C=O) groups is 2. The fourth-order valence-corrected chi connectivity index (χ4v) is 5.11. The highest BCUT2D eigenvalue weighted by molar-refractivity contribution is 7.91. The topological polar surface area (TPSA) is 87.2 Å². The maximum atomic E-state index is 12.8. The number of rotatable bonds is 4. The summed E-state index contributed by atoms with van der Waals surface area (Å²) in [6.45, 7) is 5.40. The lowest BCUT2D eigenvalue weighted by molar-refractivity contribution is -0.159. The van der Waals surface area contributed by atoms with Gasteiger partial charge in [-0.05, 0) is 34.4 Å². The minimum Gasteiger partial charge on any atom is -0.372 e. The molecule has 0 radical (unpaired) electrons. The quantitative estimate of drug-likeness (QED) is 0.598. The SMILES string of the molecule is CC1CN(C(=O)C(=O)N(CCN(C)C)C2CCS(=O)(=O)C2)CC(C)O1. The van der Waals surface area contributed by atoms with Crippen LogP contribution in [0.3, 0.4) is 0 Å². The molecule has 0 aliphatic carbocycles. The molecular weight excluding hydrogens is 346 g/mol. The zero-order valence-electron chi connectivity index (χ0n) is 15.5. The first-order valence-electron chi connectivity index (χ1n) is 8.69. The highest BCUT2D eigenvalue weighted by atomic mass is 32.2. The number of likely N-dealkylation sites (N-methyl/N-ethyl adjacent to an activating group) is 1. The van der Waals surface area contributed by atoms with Gasteiger partial charge in [-0.1, -0.05) is 0 Å². The normalized spacial score (nSPS) is 29.0. The molecule has 3 atom stereocenters. The van der Waals surface area contributed by atoms with Gasteiger partial charge in [-0.2, -0.15) is 0 Å². The van der Waals surface area contributed by atoms with Gasteiger partial charge in [-0.25, -0.2) is 8.42 Å². The molecule has 25 heavy (non-hydrogen) atoms. The van der Waals surface area contributed by atoms with E-state index in [4.69, 9.17) is 4.74 Å². The van der Waals surface area contributed by atoms with Gasteiger partial charge in [0.25, 0.3) is 0 Å². The molecule has 0 spiro atoms. The smallest absolute Gasteiger partial charge is 0.312 e. The number of morpholine rings is 1. The Morgan fingerprint density at radius 2 is 1.72 bits per heavy atom. The van der Waals surface area contributed by atoms with Crippen LogP contribution in [0, 0.1) is 0 Å². The second-order valence-electron chi connectivity index (χ2n) is 7.33. The summed E-state index contributed by atoms with van der Waals surface area (Å²) in [6.07, 6.45) is 0.148. The maximum absolute atomic E-state index is 12.8. The molecule has 144 valence electrons. The second kappa shape index (κ2) is 8.01. The van der Waals surface area contributed by atoms with Crippen molar-refractivity contribution >= 4 is 21.7 Å². The van der Waals surface area contributed by atoms with Crippen LogP contribution < -0.4 is 0 Å². The predicted octanol–water partition coefficient (Wildman–Crippen LogP) is -0.800. The third kappa shape index (κ3) is 5.39. The summed E-state index contributed by atoms with van der Waals surface area (Å²) < 4.78 is 29.2. The zero-order valence-corrected chi connectivity index (χ0v) is 16.3. The van der Waals surface area contributed by atoms with E-state index >= 15 is 0 Å². The van der Waals surface area contributed by atoms with Crippen LogP contribution in [0.1, 0.15) is 20.3 Å². The lowest BCUT2D eigenvalue weighted by Crippen LogP contribution is -2.55. The van der Waals surface area contributed by atoms with Gasteiger partial charge in [0.1, 0.15) is 0 Å². The number of carbonyl (C=O) groups excluding carboxylic acids is 2. The molecule has 9 heteroatoms. The minimum atomic E-state index is -3.13. The van der Waals surface area contributed by atoms with Crippen molar-refractivity contribution in [3.05, 3.63) is 0 Å². The van der Waals surface area contributed by atoms with Gasteiger partial charge in [0.2, 0.25) is 0 Å². The maximum Gasteiger partial charge on any atom is 0.312 e. The Hall–Kier alpha value is -1.19. The molecule has 0 bridgehead atoms. The molecule has 2 heterocycles. The van der Waals surface area contributed by atoms with E-state index in [0.717, 1.165) is 0 Å². The third-order valence-electron chi connectivity index (χ3n) is 4.59. The highest BCUT2D eigenvalue weighted by Gasteiger charge is 2.39. The second-order valence-corrected chi connectivity index (χ2v) is 9.55. The van der Waals surface area contributed by atoms with Crippen LogP contribution in [0.4, 0.5) is 0 Å². The molecule has 0 N–H and O–H groups in total. The van der Waals surface area contributed by atoms with Crippen LogP contribution in [0.2, 0.25) is 0 Å². The first kappa shape index (κ1) is 20.1. The molecular formula is C16H29N3O5S. The summed E-state index contributed by atoms with van der Waals surface area (Å²) >= 11 is 0. The lowest BCUT2D eigenvalue weighted by atomic mass is 10.2. The van der Waals surface area contributed by atoms with Gasteiger partial charge in [0, 0.05) is 32.2 Å². The number of sulfone groups is 1. The van der Waals surface area contributed by atoms with Gasteiger partial charge < -0.3 is 19.4 Å². The van der Waals surface area contributed by atoms with E-state index in [1.165, 1.54) is 9.80 Å². The van der Waals surface area contributed by atoms with Crippen molar-refractivity contribution in [2.45, 2.75) is 38.5 Å². The molecule has 3 unspecified atom stereocenters. The van der Waals surface area contributed by atoms with Crippen LogP contribution in [0.15, 0.2) is 0 Å². The van der Waals surface area contributed by atoms with Crippen LogP contribution >= 0.6 is 0 Å². The van der Waals surface area contributed by atoms with Crippen molar-refractivity contribution in [2.24, 2.45) is 0 Å². The van der Waals surface area contributed by atoms with Crippen LogP contribution in [-0.2, 0) is 24.2 Å². The summed E-state index contributed by atoms with van der Waals surface area (Å²) in [7, 11) is 0.619. The molecule has 0 aromatic carbocycles. The number of ether oxygens (including phenoxy) is 1. The van der Waals surface area contributed by atoms with Gasteiger partial charge >= 0.3 is 11.8 Å². The molecule has 2 fully saturated rings. The van der Waals surface area contributed by atoms with Crippen LogP contribution in [0.5, 0.6) is 0 Å². The van der Waals surface area contributed by atoms with Crippen molar-refractivity contribution in [1.82, 2.24) is 14.7 Å². The fraction of sp³-hybridized carbons (Fsp3) is 0.875. The Morgan fingerprint density at radius 1 is 1.12 bits per heavy atom. The standard InChI is InChI=1S/C16H29N3O5S/c1-12-9-18(10-13(2)24-12)15(20)16(21)19(7-6-17(3)4)14-5-8-25(22,23)11-14/h12-14H,5-11H2,1-4H3. The van der Waals surface area contributed by atoms with E-state index < -0.39 is 27.7 Å². The average molecular weight is 375 g/mol. The van der Waals surface area contributed by atoms with Crippen LogP contribution in [-0.4, -0.2) is 105 Å². The summed E-state index contributed by atoms with van der Waals surface area (Å²) in [6, 6.07) is -0.419. The van der Waals surface area contributed by atoms with Gasteiger partial charge in [-0.3, -0.25) is 9.59 Å². The van der Waals surface area contributed by atoms with Crippen molar-refractivity contribution in [3.8, 4) is 0 Å². The Morgan fingerprint density at radius 3 is 2.20 bits per heavy atom. The van der Waals surface area contributed by atoms with Crippen molar-refractivity contribution in [1.29, 1.82) is 0 Å². The Kier molecular flexibility index (Phi) is 6.45. The van der Waals surface area contributed by atoms with E-state index in [0.29, 0.717) is 32.6 Å². The number of hydrogen-bond donors (Lipinski definition) is 0. The molecule has 2 saturated heterocycles. The van der Waals surface area contributed by atoms with Gasteiger partial charge in [0.05, 0.1) is 23.7 Å². The first-order valence-corrected chi connectivity index (χ1v) is 10.5. The zero-order chi connectivity index (χ0) is 18.8. The molecule has 2 amide bonds. The van der Waals surface area contributed by atoms with E-state index in [-0.39, 0.29) is 23.7 Å². The Labute approximate surface area is 150 Å². The van der Waals surface area contributed by atoms with E-state index in [1.807, 2.05) is 32.8 Å². The number of nitrogens with zero attached hydrogens (tertiary/aromatic N) is 3. The monoisotopic (exact) mass is 375 g/mol. The molecule has 0 aromatic heterocycles. The predicted molar refractivity (Wildman–Crippen MR) is 93.9 cm³/mol. The van der Waals surface area contributed by atoms with E-state index in [2.05, 4.69) is 0 Å². The summed E-state index contributed by atoms with van der Waals surface area (Å²) in [5.41, 5.74) is 0. The molecule has 0 saturated carbocycles. The molecule has 2 aliphatic heterocycles. The third-order valence-corrected chi connectivity index (χ3v) is 6.34. The highest BCUT2D eigenvalue weighted by Crippen LogP contribution is 2.19. The first-order chi connectivity index (χ1) is 11.6. The summed E-state index contributed by atoms with van der Waals surface area (Å²) in [5, 5.41) is 0. The molecule has 0 aromatic rings. The fourth-order valence-electron chi connectivity index (χ4n) is 3.38. The van der Waals surface area contributed by atoms with E-state index in [9.17, 15) is 18.0 Å². The minimum absolute atomic E-state index is 0.0602.